The van der Waals surface area contributed by atoms with Gasteiger partial charge in [0.1, 0.15) is 5.02 Å². The molecule has 7 nitrogen and oxygen atoms in total. The molecule has 0 radical (unpaired) electrons. The fraction of sp³-hybridized carbons (Fsp3) is 0.250. The zero-order chi connectivity index (χ0) is 21.5. The third kappa shape index (κ3) is 3.84. The van der Waals surface area contributed by atoms with Crippen molar-refractivity contribution in [3.8, 4) is 0 Å². The SMILES string of the molecule is O=C(Nc1nnc(C(F)(F)C(F)(F)C(F)(F)F)s1)c1ccc(Cl)c([N+](=O)[O-])c1. The number of hydrogen-bond donors (Lipinski definition) is 1. The van der Waals surface area contributed by atoms with Crippen LogP contribution in [0.15, 0.2) is 18.2 Å². The summed E-state index contributed by atoms with van der Waals surface area (Å²) in [5, 5.41) is 14.9. The van der Waals surface area contributed by atoms with Crippen molar-refractivity contribution in [1.29, 1.82) is 0 Å². The number of anilines is 1. The maximum Gasteiger partial charge on any atom is 0.460 e. The van der Waals surface area contributed by atoms with E-state index in [9.17, 15) is 45.6 Å². The Kier molecular flexibility index (Phi) is 5.53. The Morgan fingerprint density at radius 2 is 1.75 bits per heavy atom. The van der Waals surface area contributed by atoms with Gasteiger partial charge in [-0.2, -0.15) is 30.7 Å². The Morgan fingerprint density at radius 1 is 1.14 bits per heavy atom. The molecule has 0 aliphatic heterocycles. The fourth-order valence-corrected chi connectivity index (χ4v) is 2.61. The van der Waals surface area contributed by atoms with Gasteiger partial charge in [0.25, 0.3) is 11.6 Å². The average molecular weight is 453 g/mol. The van der Waals surface area contributed by atoms with Crippen molar-refractivity contribution >= 4 is 39.7 Å². The number of carbonyl (C=O) groups is 1. The summed E-state index contributed by atoms with van der Waals surface area (Å²) in [6.07, 6.45) is -6.56. The number of nitro benzene ring substituents is 1. The van der Waals surface area contributed by atoms with E-state index in [1.54, 1.807) is 0 Å². The lowest BCUT2D eigenvalue weighted by Crippen LogP contribution is -2.50. The monoisotopic (exact) mass is 452 g/mol. The van der Waals surface area contributed by atoms with Crippen molar-refractivity contribution < 1.29 is 40.5 Å². The van der Waals surface area contributed by atoms with Crippen molar-refractivity contribution in [2.45, 2.75) is 18.0 Å². The molecular formula is C12H4ClF7N4O3S. The first-order valence-corrected chi connectivity index (χ1v) is 7.79. The first kappa shape index (κ1) is 21.7. The smallest absolute Gasteiger partial charge is 0.296 e. The van der Waals surface area contributed by atoms with Crippen LogP contribution in [0.3, 0.4) is 0 Å². The summed E-state index contributed by atoms with van der Waals surface area (Å²) in [5.74, 6) is -13.3. The molecule has 0 aliphatic rings. The van der Waals surface area contributed by atoms with E-state index in [1.807, 2.05) is 5.32 Å². The molecule has 0 atom stereocenters. The van der Waals surface area contributed by atoms with Crippen molar-refractivity contribution in [2.24, 2.45) is 0 Å². The van der Waals surface area contributed by atoms with Crippen LogP contribution in [-0.2, 0) is 5.92 Å². The maximum absolute atomic E-state index is 13.5. The molecule has 1 aromatic carbocycles. The fourth-order valence-electron chi connectivity index (χ4n) is 1.68. The number of hydrogen-bond acceptors (Lipinski definition) is 6. The first-order valence-electron chi connectivity index (χ1n) is 6.60. The van der Waals surface area contributed by atoms with Crippen LogP contribution in [0, 0.1) is 10.1 Å². The highest BCUT2D eigenvalue weighted by molar-refractivity contribution is 7.15. The van der Waals surface area contributed by atoms with Crippen LogP contribution < -0.4 is 5.32 Å². The van der Waals surface area contributed by atoms with Crippen LogP contribution >= 0.6 is 22.9 Å². The summed E-state index contributed by atoms with van der Waals surface area (Å²) in [7, 11) is 0. The topological polar surface area (TPSA) is 98.0 Å². The highest BCUT2D eigenvalue weighted by atomic mass is 35.5. The molecule has 2 aromatic rings. The van der Waals surface area contributed by atoms with Crippen LogP contribution in [0.1, 0.15) is 15.4 Å². The molecule has 0 saturated carbocycles. The van der Waals surface area contributed by atoms with Crippen LogP contribution in [0.2, 0.25) is 5.02 Å². The molecule has 0 aliphatic carbocycles. The van der Waals surface area contributed by atoms with Gasteiger partial charge >= 0.3 is 18.0 Å². The number of carbonyl (C=O) groups excluding carboxylic acids is 1. The van der Waals surface area contributed by atoms with Gasteiger partial charge in [-0.05, 0) is 12.1 Å². The van der Waals surface area contributed by atoms with Crippen molar-refractivity contribution in [3.05, 3.63) is 43.9 Å². The molecule has 1 aromatic heterocycles. The average Bonchev–Trinajstić information content (AvgIpc) is 3.02. The number of nitrogens with one attached hydrogen (secondary N) is 1. The van der Waals surface area contributed by atoms with Crippen LogP contribution in [0.5, 0.6) is 0 Å². The van der Waals surface area contributed by atoms with E-state index >= 15 is 0 Å². The molecule has 0 spiro atoms. The van der Waals surface area contributed by atoms with Crippen LogP contribution in [0.25, 0.3) is 0 Å². The van der Waals surface area contributed by atoms with E-state index in [0.29, 0.717) is 0 Å². The molecule has 0 fully saturated rings. The number of rotatable bonds is 5. The summed E-state index contributed by atoms with van der Waals surface area (Å²) in [4.78, 5) is 21.8. The van der Waals surface area contributed by atoms with Crippen molar-refractivity contribution in [2.75, 3.05) is 5.32 Å². The zero-order valence-corrected chi connectivity index (χ0v) is 14.3. The second-order valence-corrected chi connectivity index (χ2v) is 6.32. The summed E-state index contributed by atoms with van der Waals surface area (Å²) in [6.45, 7) is 0. The second-order valence-electron chi connectivity index (χ2n) is 4.94. The summed E-state index contributed by atoms with van der Waals surface area (Å²) < 4.78 is 89.6. The van der Waals surface area contributed by atoms with Crippen molar-refractivity contribution in [3.63, 3.8) is 0 Å². The molecule has 0 unspecified atom stereocenters. The van der Waals surface area contributed by atoms with Crippen molar-refractivity contribution in [1.82, 2.24) is 10.2 Å². The molecule has 1 amide bonds. The van der Waals surface area contributed by atoms with E-state index in [1.165, 1.54) is 0 Å². The van der Waals surface area contributed by atoms with Crippen LogP contribution in [0.4, 0.5) is 41.6 Å². The molecule has 2 rings (SSSR count). The quantitative estimate of drug-likeness (QED) is 0.405. The summed E-state index contributed by atoms with van der Waals surface area (Å²) in [5.41, 5.74) is -1.05. The molecule has 0 saturated heterocycles. The minimum atomic E-state index is -6.56. The van der Waals surface area contributed by atoms with Gasteiger partial charge in [0.05, 0.1) is 4.92 Å². The highest BCUT2D eigenvalue weighted by Gasteiger charge is 2.75. The maximum atomic E-state index is 13.5. The lowest BCUT2D eigenvalue weighted by atomic mass is 10.2. The minimum absolute atomic E-state index is 0.311. The van der Waals surface area contributed by atoms with Gasteiger partial charge in [-0.15, -0.1) is 10.2 Å². The normalized spacial score (nSPS) is 12.7. The van der Waals surface area contributed by atoms with Gasteiger partial charge in [-0.1, -0.05) is 22.9 Å². The van der Waals surface area contributed by atoms with E-state index in [0.717, 1.165) is 18.2 Å². The summed E-state index contributed by atoms with van der Waals surface area (Å²) >= 11 is 5.12. The standard InChI is InChI=1S/C12H4ClF7N4O3S/c13-5-2-1-4(3-6(5)24(26)27)7(25)21-9-23-22-8(28-9)10(14,15)11(16,17)12(18,19)20/h1-3H,(H,21,23,25). The highest BCUT2D eigenvalue weighted by Crippen LogP contribution is 2.52. The van der Waals surface area contributed by atoms with Gasteiger partial charge in [-0.25, -0.2) is 0 Å². The van der Waals surface area contributed by atoms with E-state index < -0.39 is 56.0 Å². The molecular weight excluding hydrogens is 449 g/mol. The van der Waals surface area contributed by atoms with Gasteiger partial charge < -0.3 is 0 Å². The molecule has 1 heterocycles. The molecule has 16 heteroatoms. The van der Waals surface area contributed by atoms with Gasteiger partial charge in [0.15, 0.2) is 5.01 Å². The number of halogens is 8. The number of amides is 1. The molecule has 28 heavy (non-hydrogen) atoms. The van der Waals surface area contributed by atoms with E-state index in [-0.39, 0.29) is 10.6 Å². The predicted molar refractivity (Wildman–Crippen MR) is 80.9 cm³/mol. The van der Waals surface area contributed by atoms with Gasteiger partial charge in [0.2, 0.25) is 5.13 Å². The third-order valence-electron chi connectivity index (χ3n) is 3.07. The van der Waals surface area contributed by atoms with Gasteiger partial charge in [0, 0.05) is 11.6 Å². The van der Waals surface area contributed by atoms with Gasteiger partial charge in [-0.3, -0.25) is 20.2 Å². The molecule has 152 valence electrons. The second kappa shape index (κ2) is 7.12. The zero-order valence-electron chi connectivity index (χ0n) is 12.7. The Morgan fingerprint density at radius 3 is 2.29 bits per heavy atom. The Hall–Kier alpha value is -2.55. The van der Waals surface area contributed by atoms with E-state index in [2.05, 4.69) is 10.2 Å². The molecule has 0 bridgehead atoms. The predicted octanol–water partition coefficient (Wildman–Crippen LogP) is 4.64. The van der Waals surface area contributed by atoms with Crippen LogP contribution in [-0.4, -0.2) is 33.1 Å². The lowest BCUT2D eigenvalue weighted by Gasteiger charge is -2.25. The Balaban J connectivity index is 2.27. The number of alkyl halides is 7. The Bertz CT molecular complexity index is 934. The number of aromatic nitrogens is 2. The third-order valence-corrected chi connectivity index (χ3v) is 4.30. The summed E-state index contributed by atoms with van der Waals surface area (Å²) in [6, 6.07) is 2.73. The Labute approximate surface area is 158 Å². The largest absolute Gasteiger partial charge is 0.460 e. The molecule has 1 N–H and O–H groups in total. The number of benzene rings is 1. The number of nitrogens with zero attached hydrogens (tertiary/aromatic N) is 3. The van der Waals surface area contributed by atoms with E-state index in [4.69, 9.17) is 11.6 Å². The number of nitro groups is 1. The lowest BCUT2D eigenvalue weighted by molar-refractivity contribution is -0.384. The first-order chi connectivity index (χ1) is 12.7. The minimum Gasteiger partial charge on any atom is -0.296 e.